The van der Waals surface area contributed by atoms with E-state index in [1.807, 2.05) is 121 Å². The average molecular weight is 538 g/mol. The number of nitrogens with zero attached hydrogens (tertiary/aromatic N) is 3. The van der Waals surface area contributed by atoms with Crippen LogP contribution in [0.5, 0.6) is 11.5 Å². The number of methoxy groups -OCH3 is 2. The molecule has 0 N–H and O–H groups in total. The summed E-state index contributed by atoms with van der Waals surface area (Å²) in [6, 6.07) is 34.9. The van der Waals surface area contributed by atoms with E-state index in [0.717, 1.165) is 50.5 Å². The summed E-state index contributed by atoms with van der Waals surface area (Å²) in [7, 11) is 3.29. The number of fused-ring (bicyclic) bond motifs is 1. The Labute approximate surface area is 237 Å². The standard InChI is InChI=1S/C35H27N3O3/c1-40-29-17-15-24(16-18-29)33-21-26(31-22-30(41-2)19-20-32(31)37-33)13-14-27-23-36-34(25-9-5-3-6-10-25)38(35(27)39)28-11-7-4-8-12-28/h3-23H,1-2H3/b14-13+. The molecule has 2 aromatic heterocycles. The Morgan fingerprint density at radius 1 is 0.683 bits per heavy atom. The number of hydrogen-bond acceptors (Lipinski definition) is 5. The van der Waals surface area contributed by atoms with Gasteiger partial charge in [0, 0.05) is 22.7 Å². The maximum Gasteiger partial charge on any atom is 0.265 e. The molecule has 0 saturated carbocycles. The fourth-order valence-electron chi connectivity index (χ4n) is 4.78. The molecule has 0 amide bonds. The van der Waals surface area contributed by atoms with E-state index in [-0.39, 0.29) is 5.56 Å². The van der Waals surface area contributed by atoms with Gasteiger partial charge >= 0.3 is 0 Å². The number of para-hydroxylation sites is 1. The van der Waals surface area contributed by atoms with Crippen molar-refractivity contribution >= 4 is 23.1 Å². The molecule has 41 heavy (non-hydrogen) atoms. The van der Waals surface area contributed by atoms with Crippen molar-refractivity contribution in [2.45, 2.75) is 0 Å². The third kappa shape index (κ3) is 5.23. The molecule has 0 radical (unpaired) electrons. The minimum absolute atomic E-state index is 0.160. The zero-order valence-electron chi connectivity index (χ0n) is 22.7. The fourth-order valence-corrected chi connectivity index (χ4v) is 4.78. The second kappa shape index (κ2) is 11.3. The van der Waals surface area contributed by atoms with Crippen LogP contribution in [-0.4, -0.2) is 28.8 Å². The SMILES string of the molecule is COc1ccc(-c2cc(/C=C/c3cnc(-c4ccccc4)n(-c4ccccc4)c3=O)c3cc(OC)ccc3n2)cc1. The van der Waals surface area contributed by atoms with Gasteiger partial charge in [-0.05, 0) is 72.3 Å². The molecule has 2 heterocycles. The molecule has 0 saturated heterocycles. The van der Waals surface area contributed by atoms with Crippen LogP contribution in [-0.2, 0) is 0 Å². The number of hydrogen-bond donors (Lipinski definition) is 0. The van der Waals surface area contributed by atoms with Crippen molar-refractivity contribution in [1.82, 2.24) is 14.5 Å². The second-order valence-electron chi connectivity index (χ2n) is 9.42. The van der Waals surface area contributed by atoms with Crippen LogP contribution in [0.25, 0.3) is 51.4 Å². The van der Waals surface area contributed by atoms with Crippen LogP contribution in [0, 0.1) is 0 Å². The van der Waals surface area contributed by atoms with Crippen LogP contribution < -0.4 is 15.0 Å². The first kappa shape index (κ1) is 25.8. The van der Waals surface area contributed by atoms with E-state index in [2.05, 4.69) is 0 Å². The quantitative estimate of drug-likeness (QED) is 0.214. The first-order valence-electron chi connectivity index (χ1n) is 13.2. The number of aromatic nitrogens is 3. The van der Waals surface area contributed by atoms with Gasteiger partial charge in [0.2, 0.25) is 0 Å². The van der Waals surface area contributed by atoms with Crippen LogP contribution >= 0.6 is 0 Å². The van der Waals surface area contributed by atoms with Crippen LogP contribution in [0.1, 0.15) is 11.1 Å². The Hall–Kier alpha value is -5.49. The molecule has 6 aromatic rings. The summed E-state index contributed by atoms with van der Waals surface area (Å²) in [5.41, 5.74) is 5.40. The molecular weight excluding hydrogens is 510 g/mol. The van der Waals surface area contributed by atoms with Gasteiger partial charge in [-0.2, -0.15) is 0 Å². The smallest absolute Gasteiger partial charge is 0.265 e. The highest BCUT2D eigenvalue weighted by atomic mass is 16.5. The molecule has 4 aromatic carbocycles. The van der Waals surface area contributed by atoms with Crippen molar-refractivity contribution in [3.05, 3.63) is 137 Å². The van der Waals surface area contributed by atoms with Crippen molar-refractivity contribution in [2.75, 3.05) is 14.2 Å². The highest BCUT2D eigenvalue weighted by molar-refractivity contribution is 5.93. The fraction of sp³-hybridized carbons (Fsp3) is 0.0571. The van der Waals surface area contributed by atoms with E-state index >= 15 is 0 Å². The molecule has 0 aliphatic rings. The third-order valence-electron chi connectivity index (χ3n) is 6.91. The zero-order chi connectivity index (χ0) is 28.2. The first-order chi connectivity index (χ1) is 20.1. The van der Waals surface area contributed by atoms with Crippen molar-refractivity contribution < 1.29 is 9.47 Å². The molecule has 0 aliphatic carbocycles. The number of rotatable bonds is 7. The van der Waals surface area contributed by atoms with Gasteiger partial charge in [0.05, 0.1) is 36.7 Å². The largest absolute Gasteiger partial charge is 0.497 e. The lowest BCUT2D eigenvalue weighted by molar-refractivity contribution is 0.415. The Bertz CT molecular complexity index is 1910. The van der Waals surface area contributed by atoms with Crippen LogP contribution in [0.4, 0.5) is 0 Å². The maximum atomic E-state index is 13.9. The first-order valence-corrected chi connectivity index (χ1v) is 13.2. The molecule has 0 aliphatic heterocycles. The Morgan fingerprint density at radius 2 is 1.34 bits per heavy atom. The monoisotopic (exact) mass is 537 g/mol. The van der Waals surface area contributed by atoms with E-state index in [1.54, 1.807) is 25.0 Å². The van der Waals surface area contributed by atoms with Crippen LogP contribution in [0.15, 0.2) is 120 Å². The van der Waals surface area contributed by atoms with E-state index < -0.39 is 0 Å². The van der Waals surface area contributed by atoms with Crippen LogP contribution in [0.3, 0.4) is 0 Å². The minimum atomic E-state index is -0.160. The van der Waals surface area contributed by atoms with Gasteiger partial charge in [-0.15, -0.1) is 0 Å². The zero-order valence-corrected chi connectivity index (χ0v) is 22.7. The van der Waals surface area contributed by atoms with Gasteiger partial charge in [-0.1, -0.05) is 54.6 Å². The molecular formula is C35H27N3O3. The highest BCUT2D eigenvalue weighted by Crippen LogP contribution is 2.30. The van der Waals surface area contributed by atoms with Crippen molar-refractivity contribution in [3.8, 4) is 39.8 Å². The lowest BCUT2D eigenvalue weighted by atomic mass is 10.0. The molecule has 6 heteroatoms. The molecule has 0 fully saturated rings. The van der Waals surface area contributed by atoms with Crippen molar-refractivity contribution in [3.63, 3.8) is 0 Å². The predicted molar refractivity (Wildman–Crippen MR) is 164 cm³/mol. The summed E-state index contributed by atoms with van der Waals surface area (Å²) in [6.45, 7) is 0. The Kier molecular flexibility index (Phi) is 7.11. The molecule has 0 atom stereocenters. The number of benzene rings is 4. The maximum absolute atomic E-state index is 13.9. The molecule has 6 rings (SSSR count). The summed E-state index contributed by atoms with van der Waals surface area (Å²) in [5, 5.41) is 0.912. The van der Waals surface area contributed by atoms with Crippen molar-refractivity contribution in [1.29, 1.82) is 0 Å². The Morgan fingerprint density at radius 3 is 2.05 bits per heavy atom. The Balaban J connectivity index is 1.49. The van der Waals surface area contributed by atoms with Crippen molar-refractivity contribution in [2.24, 2.45) is 0 Å². The summed E-state index contributed by atoms with van der Waals surface area (Å²) in [5.74, 6) is 2.09. The third-order valence-corrected chi connectivity index (χ3v) is 6.91. The van der Waals surface area contributed by atoms with Gasteiger partial charge in [0.1, 0.15) is 17.3 Å². The van der Waals surface area contributed by atoms with E-state index in [0.29, 0.717) is 11.4 Å². The molecule has 0 bridgehead atoms. The second-order valence-corrected chi connectivity index (χ2v) is 9.42. The molecule has 6 nitrogen and oxygen atoms in total. The van der Waals surface area contributed by atoms with Gasteiger partial charge < -0.3 is 9.47 Å². The average Bonchev–Trinajstić information content (AvgIpc) is 3.04. The van der Waals surface area contributed by atoms with Gasteiger partial charge in [-0.25, -0.2) is 9.97 Å². The minimum Gasteiger partial charge on any atom is -0.497 e. The molecule has 0 spiro atoms. The highest BCUT2D eigenvalue weighted by Gasteiger charge is 2.13. The van der Waals surface area contributed by atoms with E-state index in [4.69, 9.17) is 19.4 Å². The summed E-state index contributed by atoms with van der Waals surface area (Å²) < 4.78 is 12.5. The molecule has 200 valence electrons. The van der Waals surface area contributed by atoms with E-state index in [9.17, 15) is 4.79 Å². The normalized spacial score (nSPS) is 11.2. The number of pyridine rings is 1. The lowest BCUT2D eigenvalue weighted by Gasteiger charge is -2.13. The number of ether oxygens (including phenoxy) is 2. The van der Waals surface area contributed by atoms with Gasteiger partial charge in [0.25, 0.3) is 5.56 Å². The summed E-state index contributed by atoms with van der Waals surface area (Å²) in [6.07, 6.45) is 5.39. The topological polar surface area (TPSA) is 66.2 Å². The summed E-state index contributed by atoms with van der Waals surface area (Å²) in [4.78, 5) is 23.6. The van der Waals surface area contributed by atoms with Crippen LogP contribution in [0.2, 0.25) is 0 Å². The van der Waals surface area contributed by atoms with Gasteiger partial charge in [0.15, 0.2) is 0 Å². The predicted octanol–water partition coefficient (Wildman–Crippen LogP) is 7.30. The summed E-state index contributed by atoms with van der Waals surface area (Å²) >= 11 is 0. The van der Waals surface area contributed by atoms with E-state index in [1.165, 1.54) is 0 Å². The molecule has 0 unspecified atom stereocenters. The van der Waals surface area contributed by atoms with Gasteiger partial charge in [-0.3, -0.25) is 9.36 Å². The lowest BCUT2D eigenvalue weighted by Crippen LogP contribution is -2.23.